The van der Waals surface area contributed by atoms with Crippen LogP contribution >= 0.6 is 0 Å². The molecule has 0 unspecified atom stereocenters. The number of allylic oxidation sites excluding steroid dienone is 2. The molecule has 0 aliphatic rings. The van der Waals surface area contributed by atoms with Gasteiger partial charge in [0.1, 0.15) is 0 Å². The Morgan fingerprint density at radius 3 is 2.78 bits per heavy atom. The van der Waals surface area contributed by atoms with Crippen molar-refractivity contribution in [2.24, 2.45) is 4.99 Å². The number of aliphatic imine (C=N–C) groups is 1. The Balaban J connectivity index is 3.04. The van der Waals surface area contributed by atoms with E-state index in [0.29, 0.717) is 0 Å². The van der Waals surface area contributed by atoms with Gasteiger partial charge < -0.3 is 0 Å². The number of hydrogen-bond donors (Lipinski definition) is 0. The van der Waals surface area contributed by atoms with Crippen LogP contribution in [0.4, 0.5) is 0 Å². The monoisotopic (exact) mass is 125 g/mol. The predicted molar refractivity (Wildman–Crippen MR) is 43.1 cm³/mol. The first-order valence-corrected chi connectivity index (χ1v) is 3.51. The molecule has 0 spiro atoms. The van der Waals surface area contributed by atoms with Gasteiger partial charge in [-0.05, 0) is 13.3 Å². The Kier molecular flexibility index (Phi) is 6.92. The van der Waals surface area contributed by atoms with Crippen LogP contribution in [-0.4, -0.2) is 12.8 Å². The summed E-state index contributed by atoms with van der Waals surface area (Å²) in [5.41, 5.74) is 0. The molecule has 0 aliphatic carbocycles. The van der Waals surface area contributed by atoms with Crippen molar-refractivity contribution in [3.8, 4) is 0 Å². The molecule has 0 aliphatic heterocycles. The Morgan fingerprint density at radius 1 is 1.44 bits per heavy atom. The van der Waals surface area contributed by atoms with E-state index in [1.165, 1.54) is 0 Å². The number of hydrogen-bond acceptors (Lipinski definition) is 1. The zero-order chi connectivity index (χ0) is 6.95. The third-order valence-corrected chi connectivity index (χ3v) is 0.959. The highest BCUT2D eigenvalue weighted by molar-refractivity contribution is 5.59. The van der Waals surface area contributed by atoms with Gasteiger partial charge >= 0.3 is 0 Å². The van der Waals surface area contributed by atoms with Crippen LogP contribution in [0.15, 0.2) is 17.1 Å². The molecule has 0 aromatic rings. The summed E-state index contributed by atoms with van der Waals surface area (Å²) < 4.78 is 0. The van der Waals surface area contributed by atoms with Gasteiger partial charge in [-0.15, -0.1) is 0 Å². The SMILES string of the molecule is C/C=C\CC=NCCC. The summed E-state index contributed by atoms with van der Waals surface area (Å²) in [5, 5.41) is 0. The van der Waals surface area contributed by atoms with Gasteiger partial charge in [0.15, 0.2) is 0 Å². The maximum absolute atomic E-state index is 4.15. The summed E-state index contributed by atoms with van der Waals surface area (Å²) in [5.74, 6) is 0. The normalized spacial score (nSPS) is 11.8. The van der Waals surface area contributed by atoms with Crippen molar-refractivity contribution in [1.29, 1.82) is 0 Å². The van der Waals surface area contributed by atoms with Crippen molar-refractivity contribution in [2.75, 3.05) is 6.54 Å². The first kappa shape index (κ1) is 8.41. The summed E-state index contributed by atoms with van der Waals surface area (Å²) in [6.45, 7) is 5.12. The second kappa shape index (κ2) is 7.41. The standard InChI is InChI=1S/C8H15N/c1-3-5-6-8-9-7-4-2/h3,5,8H,4,6-7H2,1-2H3/b5-3-,9-8?. The van der Waals surface area contributed by atoms with Crippen LogP contribution in [0.3, 0.4) is 0 Å². The van der Waals surface area contributed by atoms with E-state index in [1.54, 1.807) is 0 Å². The fraction of sp³-hybridized carbons (Fsp3) is 0.625. The van der Waals surface area contributed by atoms with Crippen LogP contribution in [-0.2, 0) is 0 Å². The Morgan fingerprint density at radius 2 is 2.22 bits per heavy atom. The van der Waals surface area contributed by atoms with E-state index >= 15 is 0 Å². The maximum Gasteiger partial charge on any atom is 0.0382 e. The second-order valence-corrected chi connectivity index (χ2v) is 1.89. The van der Waals surface area contributed by atoms with E-state index in [2.05, 4.69) is 18.0 Å². The lowest BCUT2D eigenvalue weighted by molar-refractivity contribution is 0.934. The van der Waals surface area contributed by atoms with Gasteiger partial charge in [-0.25, -0.2) is 0 Å². The zero-order valence-electron chi connectivity index (χ0n) is 6.30. The lowest BCUT2D eigenvalue weighted by Crippen LogP contribution is -1.76. The minimum Gasteiger partial charge on any atom is -0.297 e. The van der Waals surface area contributed by atoms with Gasteiger partial charge in [0, 0.05) is 19.2 Å². The van der Waals surface area contributed by atoms with Gasteiger partial charge in [0.05, 0.1) is 0 Å². The van der Waals surface area contributed by atoms with Crippen LogP contribution in [0, 0.1) is 0 Å². The first-order valence-electron chi connectivity index (χ1n) is 3.51. The average Bonchev–Trinajstić information content (AvgIpc) is 1.89. The van der Waals surface area contributed by atoms with Crippen molar-refractivity contribution in [1.82, 2.24) is 0 Å². The molecule has 1 heteroatoms. The number of rotatable bonds is 4. The van der Waals surface area contributed by atoms with Crippen LogP contribution in [0.25, 0.3) is 0 Å². The maximum atomic E-state index is 4.15. The largest absolute Gasteiger partial charge is 0.297 e. The van der Waals surface area contributed by atoms with Crippen molar-refractivity contribution in [3.63, 3.8) is 0 Å². The van der Waals surface area contributed by atoms with Gasteiger partial charge in [-0.1, -0.05) is 19.1 Å². The summed E-state index contributed by atoms with van der Waals surface area (Å²) in [6.07, 6.45) is 8.23. The summed E-state index contributed by atoms with van der Waals surface area (Å²) in [6, 6.07) is 0. The fourth-order valence-electron chi connectivity index (χ4n) is 0.492. The molecule has 0 bridgehead atoms. The van der Waals surface area contributed by atoms with Gasteiger partial charge in [0.25, 0.3) is 0 Å². The smallest absolute Gasteiger partial charge is 0.0382 e. The van der Waals surface area contributed by atoms with Crippen LogP contribution in [0.2, 0.25) is 0 Å². The molecule has 52 valence electrons. The molecule has 0 radical (unpaired) electrons. The minimum atomic E-state index is 0.970. The zero-order valence-corrected chi connectivity index (χ0v) is 6.30. The van der Waals surface area contributed by atoms with E-state index < -0.39 is 0 Å². The Bertz CT molecular complexity index is 92.7. The van der Waals surface area contributed by atoms with E-state index in [-0.39, 0.29) is 0 Å². The highest BCUT2D eigenvalue weighted by atomic mass is 14.7. The molecule has 0 rings (SSSR count). The van der Waals surface area contributed by atoms with Crippen molar-refractivity contribution in [2.45, 2.75) is 26.7 Å². The lowest BCUT2D eigenvalue weighted by Gasteiger charge is -1.82. The predicted octanol–water partition coefficient (Wildman–Crippen LogP) is 2.43. The molecule has 0 atom stereocenters. The van der Waals surface area contributed by atoms with Gasteiger partial charge in [0.2, 0.25) is 0 Å². The third-order valence-electron chi connectivity index (χ3n) is 0.959. The van der Waals surface area contributed by atoms with E-state index in [0.717, 1.165) is 19.4 Å². The molecule has 0 fully saturated rings. The Hall–Kier alpha value is -0.590. The average molecular weight is 125 g/mol. The van der Waals surface area contributed by atoms with Crippen LogP contribution in [0.1, 0.15) is 26.7 Å². The molecule has 9 heavy (non-hydrogen) atoms. The minimum absolute atomic E-state index is 0.970. The highest BCUT2D eigenvalue weighted by Gasteiger charge is 1.70. The molecule has 1 nitrogen and oxygen atoms in total. The second-order valence-electron chi connectivity index (χ2n) is 1.89. The third kappa shape index (κ3) is 7.41. The van der Waals surface area contributed by atoms with Crippen LogP contribution in [0.5, 0.6) is 0 Å². The van der Waals surface area contributed by atoms with Crippen molar-refractivity contribution >= 4 is 6.21 Å². The first-order chi connectivity index (χ1) is 4.41. The molecule has 0 saturated heterocycles. The molecular formula is C8H15N. The molecule has 0 heterocycles. The molecule has 0 saturated carbocycles. The van der Waals surface area contributed by atoms with Crippen molar-refractivity contribution in [3.05, 3.63) is 12.2 Å². The topological polar surface area (TPSA) is 12.4 Å². The van der Waals surface area contributed by atoms with Gasteiger partial charge in [-0.3, -0.25) is 4.99 Å². The van der Waals surface area contributed by atoms with Crippen molar-refractivity contribution < 1.29 is 0 Å². The number of nitrogens with zero attached hydrogens (tertiary/aromatic N) is 1. The van der Waals surface area contributed by atoms with E-state index in [1.807, 2.05) is 19.2 Å². The molecule has 0 N–H and O–H groups in total. The molecular weight excluding hydrogens is 110 g/mol. The summed E-state index contributed by atoms with van der Waals surface area (Å²) in [7, 11) is 0. The molecule has 0 aromatic heterocycles. The van der Waals surface area contributed by atoms with Crippen LogP contribution < -0.4 is 0 Å². The van der Waals surface area contributed by atoms with E-state index in [4.69, 9.17) is 0 Å². The van der Waals surface area contributed by atoms with E-state index in [9.17, 15) is 0 Å². The summed E-state index contributed by atoms with van der Waals surface area (Å²) in [4.78, 5) is 4.15. The highest BCUT2D eigenvalue weighted by Crippen LogP contribution is 1.80. The Labute approximate surface area is 57.5 Å². The molecule has 0 amide bonds. The summed E-state index contributed by atoms with van der Waals surface area (Å²) >= 11 is 0. The quantitative estimate of drug-likeness (QED) is 0.404. The molecule has 0 aromatic carbocycles. The fourth-order valence-corrected chi connectivity index (χ4v) is 0.492. The van der Waals surface area contributed by atoms with Gasteiger partial charge in [-0.2, -0.15) is 0 Å². The lowest BCUT2D eigenvalue weighted by atomic mass is 10.4.